The van der Waals surface area contributed by atoms with Gasteiger partial charge in [-0.3, -0.25) is 0 Å². The normalized spacial score (nSPS) is 13.3. The Hall–Kier alpha value is -0.730. The lowest BCUT2D eigenvalue weighted by Gasteiger charge is -2.14. The van der Waals surface area contributed by atoms with Crippen molar-refractivity contribution < 1.29 is 8.42 Å². The number of benzene rings is 1. The summed E-state index contributed by atoms with van der Waals surface area (Å²) in [4.78, 5) is 1.94. The van der Waals surface area contributed by atoms with E-state index in [0.717, 1.165) is 19.8 Å². The Labute approximate surface area is 137 Å². The van der Waals surface area contributed by atoms with Gasteiger partial charge in [-0.05, 0) is 37.6 Å². The monoisotopic (exact) mass is 388 g/mol. The summed E-state index contributed by atoms with van der Waals surface area (Å²) < 4.78 is 28.6. The van der Waals surface area contributed by atoms with E-state index in [9.17, 15) is 8.42 Å². The summed E-state index contributed by atoms with van der Waals surface area (Å²) >= 11 is 4.78. The van der Waals surface area contributed by atoms with Gasteiger partial charge >= 0.3 is 0 Å². The SMILES string of the molecule is Cc1sc(CN)cc1S(=O)(=O)NC(C)c1ccc(Br)cc1. The minimum absolute atomic E-state index is 0.302. The minimum Gasteiger partial charge on any atom is -0.326 e. The molecule has 0 amide bonds. The Morgan fingerprint density at radius 3 is 2.48 bits per heavy atom. The van der Waals surface area contributed by atoms with Crippen LogP contribution in [0.15, 0.2) is 39.7 Å². The van der Waals surface area contributed by atoms with Crippen molar-refractivity contribution in [3.8, 4) is 0 Å². The summed E-state index contributed by atoms with van der Waals surface area (Å²) in [5.74, 6) is 0. The zero-order valence-corrected chi connectivity index (χ0v) is 15.0. The highest BCUT2D eigenvalue weighted by atomic mass is 79.9. The molecular formula is C14H17BrN2O2S2. The predicted octanol–water partition coefficient (Wildman–Crippen LogP) is 3.32. The molecule has 0 fully saturated rings. The van der Waals surface area contributed by atoms with Crippen LogP contribution in [0.1, 0.15) is 28.3 Å². The quantitative estimate of drug-likeness (QED) is 0.824. The van der Waals surface area contributed by atoms with Crippen LogP contribution in [-0.2, 0) is 16.6 Å². The first-order chi connectivity index (χ1) is 9.83. The summed E-state index contributed by atoms with van der Waals surface area (Å²) in [5, 5.41) is 0. The maximum absolute atomic E-state index is 12.5. The van der Waals surface area contributed by atoms with Crippen LogP contribution in [0, 0.1) is 6.92 Å². The van der Waals surface area contributed by atoms with Crippen LogP contribution >= 0.6 is 27.3 Å². The molecule has 0 aliphatic rings. The van der Waals surface area contributed by atoms with Crippen molar-refractivity contribution >= 4 is 37.3 Å². The first-order valence-electron chi connectivity index (χ1n) is 6.40. The third-order valence-corrected chi connectivity index (χ3v) is 6.51. The van der Waals surface area contributed by atoms with E-state index in [1.165, 1.54) is 11.3 Å². The van der Waals surface area contributed by atoms with Crippen molar-refractivity contribution in [2.45, 2.75) is 31.3 Å². The van der Waals surface area contributed by atoms with Gasteiger partial charge in [0.05, 0.1) is 4.90 Å². The summed E-state index contributed by atoms with van der Waals surface area (Å²) in [5.41, 5.74) is 6.48. The number of thiophene rings is 1. The lowest BCUT2D eigenvalue weighted by Crippen LogP contribution is -2.27. The van der Waals surface area contributed by atoms with E-state index in [1.807, 2.05) is 31.2 Å². The van der Waals surface area contributed by atoms with Crippen LogP contribution in [0.3, 0.4) is 0 Å². The second-order valence-corrected chi connectivity index (χ2v) is 8.67. The molecule has 0 radical (unpaired) electrons. The Balaban J connectivity index is 2.24. The van der Waals surface area contributed by atoms with E-state index in [-0.39, 0.29) is 6.04 Å². The number of sulfonamides is 1. The first-order valence-corrected chi connectivity index (χ1v) is 9.50. The molecule has 1 unspecified atom stereocenters. The Bertz CT molecular complexity index is 724. The highest BCUT2D eigenvalue weighted by Crippen LogP contribution is 2.27. The fourth-order valence-electron chi connectivity index (χ4n) is 2.01. The molecule has 0 bridgehead atoms. The molecule has 1 aromatic carbocycles. The molecule has 0 aliphatic heterocycles. The van der Waals surface area contributed by atoms with Crippen molar-refractivity contribution in [2.24, 2.45) is 5.73 Å². The molecule has 0 saturated heterocycles. The zero-order valence-electron chi connectivity index (χ0n) is 11.8. The standard InChI is InChI=1S/C14H17BrN2O2S2/c1-9(11-3-5-12(15)6-4-11)17-21(18,19)14-7-13(8-16)20-10(14)2/h3-7,9,17H,8,16H2,1-2H3. The molecule has 114 valence electrons. The molecule has 0 aliphatic carbocycles. The number of nitrogens with two attached hydrogens (primary N) is 1. The zero-order chi connectivity index (χ0) is 15.6. The smallest absolute Gasteiger partial charge is 0.242 e. The van der Waals surface area contributed by atoms with Crippen LogP contribution in [-0.4, -0.2) is 8.42 Å². The molecule has 3 N–H and O–H groups in total. The van der Waals surface area contributed by atoms with Crippen LogP contribution < -0.4 is 10.5 Å². The third kappa shape index (κ3) is 3.92. The van der Waals surface area contributed by atoms with Gasteiger partial charge in [-0.25, -0.2) is 13.1 Å². The minimum atomic E-state index is -3.54. The van der Waals surface area contributed by atoms with E-state index in [4.69, 9.17) is 5.73 Å². The van der Waals surface area contributed by atoms with Crippen LogP contribution in [0.5, 0.6) is 0 Å². The summed E-state index contributed by atoms with van der Waals surface area (Å²) in [7, 11) is -3.54. The molecule has 1 heterocycles. The van der Waals surface area contributed by atoms with Crippen molar-refractivity contribution in [3.05, 3.63) is 50.1 Å². The molecule has 1 aromatic heterocycles. The van der Waals surface area contributed by atoms with E-state index in [1.54, 1.807) is 13.0 Å². The lowest BCUT2D eigenvalue weighted by atomic mass is 10.1. The number of aryl methyl sites for hydroxylation is 1. The highest BCUT2D eigenvalue weighted by molar-refractivity contribution is 9.10. The highest BCUT2D eigenvalue weighted by Gasteiger charge is 2.22. The lowest BCUT2D eigenvalue weighted by molar-refractivity contribution is 0.566. The Morgan fingerprint density at radius 2 is 1.95 bits per heavy atom. The topological polar surface area (TPSA) is 72.2 Å². The maximum atomic E-state index is 12.5. The van der Waals surface area contributed by atoms with E-state index in [2.05, 4.69) is 20.7 Å². The van der Waals surface area contributed by atoms with Crippen LogP contribution in [0.2, 0.25) is 0 Å². The number of halogens is 1. The molecule has 2 aromatic rings. The van der Waals surface area contributed by atoms with Gasteiger partial charge in [-0.15, -0.1) is 11.3 Å². The molecule has 0 saturated carbocycles. The fourth-order valence-corrected chi connectivity index (χ4v) is 5.02. The fraction of sp³-hybridized carbons (Fsp3) is 0.286. The largest absolute Gasteiger partial charge is 0.326 e. The van der Waals surface area contributed by atoms with Gasteiger partial charge in [0.1, 0.15) is 0 Å². The van der Waals surface area contributed by atoms with Gasteiger partial charge in [0, 0.05) is 26.8 Å². The second-order valence-electron chi connectivity index (χ2n) is 4.73. The van der Waals surface area contributed by atoms with E-state index >= 15 is 0 Å². The van der Waals surface area contributed by atoms with Gasteiger partial charge in [0.25, 0.3) is 0 Å². The van der Waals surface area contributed by atoms with Crippen molar-refractivity contribution in [3.63, 3.8) is 0 Å². The Morgan fingerprint density at radius 1 is 1.33 bits per heavy atom. The van der Waals surface area contributed by atoms with Gasteiger partial charge in [0.2, 0.25) is 10.0 Å². The average Bonchev–Trinajstić information content (AvgIpc) is 2.81. The number of hydrogen-bond donors (Lipinski definition) is 2. The van der Waals surface area contributed by atoms with Crippen LogP contribution in [0.25, 0.3) is 0 Å². The van der Waals surface area contributed by atoms with Crippen molar-refractivity contribution in [2.75, 3.05) is 0 Å². The summed E-state index contributed by atoms with van der Waals surface area (Å²) in [6, 6.07) is 8.91. The van der Waals surface area contributed by atoms with Crippen molar-refractivity contribution in [1.29, 1.82) is 0 Å². The number of nitrogens with one attached hydrogen (secondary N) is 1. The third-order valence-electron chi connectivity index (χ3n) is 3.12. The Kier molecular flexibility index (Phi) is 5.21. The van der Waals surface area contributed by atoms with Gasteiger partial charge < -0.3 is 5.73 Å². The van der Waals surface area contributed by atoms with Gasteiger partial charge in [-0.1, -0.05) is 28.1 Å². The number of hydrogen-bond acceptors (Lipinski definition) is 4. The summed E-state index contributed by atoms with van der Waals surface area (Å²) in [6.45, 7) is 3.97. The molecule has 0 spiro atoms. The van der Waals surface area contributed by atoms with E-state index < -0.39 is 10.0 Å². The van der Waals surface area contributed by atoms with Crippen LogP contribution in [0.4, 0.5) is 0 Å². The molecule has 21 heavy (non-hydrogen) atoms. The number of rotatable bonds is 5. The van der Waals surface area contributed by atoms with Gasteiger partial charge in [0.15, 0.2) is 0 Å². The van der Waals surface area contributed by atoms with Crippen molar-refractivity contribution in [1.82, 2.24) is 4.72 Å². The van der Waals surface area contributed by atoms with Gasteiger partial charge in [-0.2, -0.15) is 0 Å². The molecule has 4 nitrogen and oxygen atoms in total. The van der Waals surface area contributed by atoms with E-state index in [0.29, 0.717) is 11.4 Å². The average molecular weight is 389 g/mol. The predicted molar refractivity (Wildman–Crippen MR) is 89.8 cm³/mol. The maximum Gasteiger partial charge on any atom is 0.242 e. The molecule has 1 atom stereocenters. The molecular weight excluding hydrogens is 372 g/mol. The molecule has 2 rings (SSSR count). The first kappa shape index (κ1) is 16.6. The summed E-state index contributed by atoms with van der Waals surface area (Å²) in [6.07, 6.45) is 0. The second kappa shape index (κ2) is 6.58. The molecule has 7 heteroatoms.